The van der Waals surface area contributed by atoms with E-state index in [0.29, 0.717) is 12.1 Å². The average Bonchev–Trinajstić information content (AvgIpc) is 3.38. The highest BCUT2D eigenvalue weighted by Crippen LogP contribution is 2.34. The molecule has 4 rings (SSSR count). The van der Waals surface area contributed by atoms with Crippen molar-refractivity contribution in [3.05, 3.63) is 54.1 Å². The number of rotatable bonds is 3. The highest BCUT2D eigenvalue weighted by Gasteiger charge is 2.43. The van der Waals surface area contributed by atoms with Crippen molar-refractivity contribution in [1.82, 2.24) is 14.9 Å². The summed E-state index contributed by atoms with van der Waals surface area (Å²) in [6.45, 7) is 2.99. The highest BCUT2D eigenvalue weighted by atomic mass is 19.4. The van der Waals surface area contributed by atoms with Gasteiger partial charge in [0.15, 0.2) is 0 Å². The van der Waals surface area contributed by atoms with Crippen LogP contribution in [0, 0.1) is 5.82 Å². The van der Waals surface area contributed by atoms with Gasteiger partial charge in [0.1, 0.15) is 5.82 Å². The molecule has 2 aromatic rings. The second-order valence-corrected chi connectivity index (χ2v) is 7.66. The van der Waals surface area contributed by atoms with Crippen molar-refractivity contribution in [2.75, 3.05) is 18.0 Å². The number of fused-ring (bicyclic) bond motifs is 1. The molecule has 15 heteroatoms. The third-order valence-electron chi connectivity index (χ3n) is 5.28. The van der Waals surface area contributed by atoms with E-state index >= 15 is 0 Å². The summed E-state index contributed by atoms with van der Waals surface area (Å²) in [5.41, 5.74) is 1.18. The van der Waals surface area contributed by atoms with Crippen LogP contribution in [-0.4, -0.2) is 74.5 Å². The first-order chi connectivity index (χ1) is 16.7. The molecule has 0 unspecified atom stereocenters. The van der Waals surface area contributed by atoms with Crippen molar-refractivity contribution in [3.8, 4) is 0 Å². The summed E-state index contributed by atoms with van der Waals surface area (Å²) in [5, 5.41) is 14.2. The van der Waals surface area contributed by atoms with Gasteiger partial charge in [-0.3, -0.25) is 4.90 Å². The molecule has 198 valence electrons. The van der Waals surface area contributed by atoms with Crippen molar-refractivity contribution in [2.24, 2.45) is 0 Å². The number of benzene rings is 1. The number of carboxylic acid groups (broad SMARTS) is 2. The number of hydrogen-bond acceptors (Lipinski definition) is 6. The van der Waals surface area contributed by atoms with E-state index in [4.69, 9.17) is 19.8 Å². The lowest BCUT2D eigenvalue weighted by molar-refractivity contribution is -0.193. The predicted octanol–water partition coefficient (Wildman–Crippen LogP) is 3.74. The van der Waals surface area contributed by atoms with Gasteiger partial charge in [-0.2, -0.15) is 26.3 Å². The van der Waals surface area contributed by atoms with Gasteiger partial charge < -0.3 is 15.1 Å². The summed E-state index contributed by atoms with van der Waals surface area (Å²) in [5.74, 6) is -4.84. The quantitative estimate of drug-likeness (QED) is 0.583. The van der Waals surface area contributed by atoms with Gasteiger partial charge in [0.05, 0.1) is 0 Å². The van der Waals surface area contributed by atoms with Crippen LogP contribution in [0.1, 0.15) is 18.4 Å². The SMILES string of the molecule is Fc1ccc(CN2CC[C@H]3[C@H]2CCN3c2ncccn2)cc1.O=C(O)C(F)(F)F.O=C(O)C(F)(F)F. The van der Waals surface area contributed by atoms with Gasteiger partial charge in [0.2, 0.25) is 5.95 Å². The molecular formula is C21H21F7N4O4. The van der Waals surface area contributed by atoms with Gasteiger partial charge in [0.25, 0.3) is 0 Å². The number of carboxylic acids is 2. The number of carbonyl (C=O) groups is 2. The number of alkyl halides is 6. The van der Waals surface area contributed by atoms with Crippen LogP contribution in [-0.2, 0) is 16.1 Å². The fourth-order valence-electron chi connectivity index (χ4n) is 3.78. The molecule has 1 aromatic carbocycles. The summed E-state index contributed by atoms with van der Waals surface area (Å²) in [6.07, 6.45) is -4.27. The molecular weight excluding hydrogens is 505 g/mol. The van der Waals surface area contributed by atoms with Gasteiger partial charge in [-0.25, -0.2) is 23.9 Å². The minimum absolute atomic E-state index is 0.170. The van der Waals surface area contributed by atoms with Crippen molar-refractivity contribution < 1.29 is 50.5 Å². The topological polar surface area (TPSA) is 107 Å². The Bertz CT molecular complexity index is 980. The fourth-order valence-corrected chi connectivity index (χ4v) is 3.78. The molecule has 2 aliphatic rings. The van der Waals surface area contributed by atoms with Gasteiger partial charge in [-0.15, -0.1) is 0 Å². The van der Waals surface area contributed by atoms with Crippen LogP contribution in [0.2, 0.25) is 0 Å². The van der Waals surface area contributed by atoms with Crippen molar-refractivity contribution in [2.45, 2.75) is 43.8 Å². The minimum Gasteiger partial charge on any atom is -0.475 e. The summed E-state index contributed by atoms with van der Waals surface area (Å²) >= 11 is 0. The first-order valence-corrected chi connectivity index (χ1v) is 10.3. The lowest BCUT2D eigenvalue weighted by atomic mass is 10.1. The number of likely N-dealkylation sites (tertiary alicyclic amines) is 1. The molecule has 0 spiro atoms. The molecule has 0 amide bonds. The fraction of sp³-hybridized carbons (Fsp3) is 0.429. The Morgan fingerprint density at radius 1 is 0.861 bits per heavy atom. The Morgan fingerprint density at radius 3 is 1.81 bits per heavy atom. The number of aliphatic carboxylic acids is 2. The molecule has 0 aliphatic carbocycles. The molecule has 0 saturated carbocycles. The lowest BCUT2D eigenvalue weighted by Gasteiger charge is -2.25. The van der Waals surface area contributed by atoms with Gasteiger partial charge in [-0.1, -0.05) is 12.1 Å². The zero-order valence-electron chi connectivity index (χ0n) is 18.4. The Labute approximate surface area is 200 Å². The smallest absolute Gasteiger partial charge is 0.475 e. The Kier molecular flexibility index (Phi) is 9.55. The van der Waals surface area contributed by atoms with Gasteiger partial charge in [-0.05, 0) is 36.6 Å². The van der Waals surface area contributed by atoms with Crippen LogP contribution in [0.15, 0.2) is 42.7 Å². The summed E-state index contributed by atoms with van der Waals surface area (Å²) < 4.78 is 76.5. The van der Waals surface area contributed by atoms with E-state index in [1.54, 1.807) is 24.5 Å². The van der Waals surface area contributed by atoms with Gasteiger partial charge in [0, 0.05) is 44.1 Å². The number of hydrogen-bond donors (Lipinski definition) is 2. The third-order valence-corrected chi connectivity index (χ3v) is 5.28. The van der Waals surface area contributed by atoms with Gasteiger partial charge >= 0.3 is 24.3 Å². The molecule has 2 aliphatic heterocycles. The van der Waals surface area contributed by atoms with Crippen molar-refractivity contribution in [1.29, 1.82) is 0 Å². The van der Waals surface area contributed by atoms with Crippen LogP contribution in [0.4, 0.5) is 36.7 Å². The molecule has 1 aromatic heterocycles. The second kappa shape index (κ2) is 12.0. The average molecular weight is 526 g/mol. The molecule has 36 heavy (non-hydrogen) atoms. The maximum atomic E-state index is 13.0. The molecule has 2 saturated heterocycles. The third kappa shape index (κ3) is 8.32. The molecule has 3 heterocycles. The maximum Gasteiger partial charge on any atom is 0.490 e. The second-order valence-electron chi connectivity index (χ2n) is 7.66. The van der Waals surface area contributed by atoms with E-state index in [2.05, 4.69) is 19.8 Å². The summed E-state index contributed by atoms with van der Waals surface area (Å²) in [6, 6.07) is 9.76. The molecule has 0 radical (unpaired) electrons. The van der Waals surface area contributed by atoms with E-state index in [0.717, 1.165) is 38.4 Å². The largest absolute Gasteiger partial charge is 0.490 e. The molecule has 8 nitrogen and oxygen atoms in total. The summed E-state index contributed by atoms with van der Waals surface area (Å²) in [7, 11) is 0. The Morgan fingerprint density at radius 2 is 1.33 bits per heavy atom. The first kappa shape index (κ1) is 28.7. The van der Waals surface area contributed by atoms with Crippen LogP contribution >= 0.6 is 0 Å². The summed E-state index contributed by atoms with van der Waals surface area (Å²) in [4.78, 5) is 31.4. The monoisotopic (exact) mass is 526 g/mol. The normalized spacial score (nSPS) is 19.5. The maximum absolute atomic E-state index is 13.0. The number of anilines is 1. The predicted molar refractivity (Wildman–Crippen MR) is 110 cm³/mol. The van der Waals surface area contributed by atoms with E-state index in [1.165, 1.54) is 5.56 Å². The first-order valence-electron chi connectivity index (χ1n) is 10.3. The lowest BCUT2D eigenvalue weighted by Crippen LogP contribution is -2.37. The zero-order valence-corrected chi connectivity index (χ0v) is 18.4. The standard InChI is InChI=1S/C17H19FN4.2C2HF3O2/c18-14-4-2-13(3-5-14)12-21-10-6-16-15(21)7-11-22(16)17-19-8-1-9-20-17;2*3-2(4,5)1(6)7/h1-5,8-9,15-16H,6-7,10-12H2;2*(H,6,7)/t15-,16+;;/m1../s1. The van der Waals surface area contributed by atoms with Crippen molar-refractivity contribution in [3.63, 3.8) is 0 Å². The minimum atomic E-state index is -5.08. The van der Waals surface area contributed by atoms with Crippen LogP contribution in [0.25, 0.3) is 0 Å². The molecule has 2 atom stereocenters. The number of nitrogens with zero attached hydrogens (tertiary/aromatic N) is 4. The Balaban J connectivity index is 0.000000271. The van der Waals surface area contributed by atoms with Crippen LogP contribution in [0.5, 0.6) is 0 Å². The van der Waals surface area contributed by atoms with Crippen molar-refractivity contribution >= 4 is 17.9 Å². The van der Waals surface area contributed by atoms with Crippen LogP contribution < -0.4 is 4.90 Å². The van der Waals surface area contributed by atoms with E-state index in [1.807, 2.05) is 18.2 Å². The molecule has 0 bridgehead atoms. The number of halogens is 7. The number of aromatic nitrogens is 2. The zero-order chi connectivity index (χ0) is 27.1. The van der Waals surface area contributed by atoms with E-state index < -0.39 is 24.3 Å². The highest BCUT2D eigenvalue weighted by molar-refractivity contribution is 5.73. The Hall–Kier alpha value is -3.49. The van der Waals surface area contributed by atoms with E-state index in [9.17, 15) is 30.7 Å². The molecule has 2 fully saturated rings. The van der Waals surface area contributed by atoms with Crippen LogP contribution in [0.3, 0.4) is 0 Å². The van der Waals surface area contributed by atoms with E-state index in [-0.39, 0.29) is 5.82 Å². The molecule has 2 N–H and O–H groups in total.